The smallest absolute Gasteiger partial charge is 0.320 e. The molecular formula is C81H103N17O17. The van der Waals surface area contributed by atoms with Gasteiger partial charge in [-0.05, 0) is 142 Å². The molecule has 34 nitrogen and oxygen atoms in total. The summed E-state index contributed by atoms with van der Waals surface area (Å²) in [6.07, 6.45) is 7.24. The Balaban J connectivity index is 0.720. The Morgan fingerprint density at radius 1 is 0.522 bits per heavy atom. The Bertz CT molecular complexity index is 4900. The molecule has 3 fully saturated rings. The number of aryl methyl sites for hydroxylation is 2. The number of likely N-dealkylation sites (tertiary alicyclic amines) is 2. The number of aromatic nitrogens is 8. The zero-order chi connectivity index (χ0) is 82.1. The zero-order valence-corrected chi connectivity index (χ0v) is 65.5. The SMILES string of the molecule is CCNC(=O)c1nnc(-c2cc(C(C)C)c(O)cc2O)n1-c1ccc2c(ccn2CCC2CCN(C(=O)CC(CC(=O)N3CCC(CCn4cc5c6cc(ccc64)-n4c(C(=O)NCC)nnc4-c4cc(c(O)cc4O)C5C)CC3)NC(=O)CC[C@H](C(=O)O)N3CCN(CC(=O)O)CCN(CC(=O)O)CCN(CC(=O)O)CC3)CC2)c1. The highest BCUT2D eigenvalue weighted by Crippen LogP contribution is 2.45. The highest BCUT2D eigenvalue weighted by atomic mass is 16.4. The molecule has 34 heteroatoms. The first-order valence-electron chi connectivity index (χ1n) is 39.6. The number of aromatic hydroxyl groups is 4. The van der Waals surface area contributed by atoms with Crippen LogP contribution in [-0.2, 0) is 46.7 Å². The van der Waals surface area contributed by atoms with Crippen molar-refractivity contribution in [2.45, 2.75) is 136 Å². The van der Waals surface area contributed by atoms with Gasteiger partial charge >= 0.3 is 23.9 Å². The first-order chi connectivity index (χ1) is 55.1. The molecule has 11 N–H and O–H groups in total. The van der Waals surface area contributed by atoms with Crippen LogP contribution >= 0.6 is 0 Å². The summed E-state index contributed by atoms with van der Waals surface area (Å²) in [5.74, 6) is -6.93. The standard InChI is InChI=1S/C81H103N17O17/c1-6-82-79(112)77-87-85-75(59-40-56(48(3)4)65(99)42-67(59)101)97(77)54-8-10-62-52(36-54)20-27-92(62)21-14-50-15-22-94(23-16-50)70(104)37-53(84-69(103)13-12-64(81(114)115)93-34-32-90(46-73(108)109)30-28-89(45-72(106)107)29-31-91(33-35-93)47-74(110)111)38-71(105)95-24-17-51(18-25-95)19-26-96-44-61-49(5)57-41-60(68(102)43-66(57)100)76-86-88-78(80(113)83-7-2)98(76)55-9-11-63(96)58(61)39-55/h8-11,20,27,36,39-44,48-51,53,64,99-102H,6-7,12-19,21-26,28-35,37-38,45-47H2,1-5H3,(H,82,112)(H,83,113)(H,84,103)(H,106,107)(H,108,109)(H,110,111)(H,114,115)/t49?,53?,64-/m1/s1. The third-order valence-electron chi connectivity index (χ3n) is 22.9. The van der Waals surface area contributed by atoms with E-state index < -0.39 is 66.8 Å². The Kier molecular flexibility index (Phi) is 26.5. The van der Waals surface area contributed by atoms with Gasteiger partial charge in [0.15, 0.2) is 11.6 Å². The maximum absolute atomic E-state index is 14.7. The van der Waals surface area contributed by atoms with E-state index in [-0.39, 0.29) is 172 Å². The number of rotatable bonds is 29. The number of nitrogens with one attached hydrogen (secondary N) is 3. The molecular weight excluding hydrogens is 1480 g/mol. The Morgan fingerprint density at radius 3 is 1.50 bits per heavy atom. The van der Waals surface area contributed by atoms with E-state index in [1.54, 1.807) is 64.5 Å². The number of nitrogens with zero attached hydrogens (tertiary/aromatic N) is 14. The Labute approximate surface area is 663 Å². The molecule has 0 spiro atoms. The van der Waals surface area contributed by atoms with Gasteiger partial charge < -0.3 is 75.7 Å². The van der Waals surface area contributed by atoms with Crippen LogP contribution < -0.4 is 16.0 Å². The van der Waals surface area contributed by atoms with Gasteiger partial charge in [-0.15, -0.1) is 20.4 Å². The van der Waals surface area contributed by atoms with Crippen molar-refractivity contribution >= 4 is 75.2 Å². The molecule has 8 aromatic rings. The average molecular weight is 1590 g/mol. The van der Waals surface area contributed by atoms with Crippen LogP contribution in [0.25, 0.3) is 56.0 Å². The van der Waals surface area contributed by atoms with Gasteiger partial charge in [0.25, 0.3) is 11.8 Å². The quantitative estimate of drug-likeness (QED) is 0.0258. The number of hydrogen-bond acceptors (Lipinski definition) is 21. The summed E-state index contributed by atoms with van der Waals surface area (Å²) in [5, 5.41) is 112. The van der Waals surface area contributed by atoms with Crippen LogP contribution in [0.15, 0.2) is 79.1 Å². The number of carboxylic acid groups (broad SMARTS) is 4. The van der Waals surface area contributed by atoms with E-state index in [4.69, 9.17) is 0 Å². The minimum Gasteiger partial charge on any atom is -0.508 e. The molecule has 4 bridgehead atoms. The lowest BCUT2D eigenvalue weighted by Gasteiger charge is -2.35. The van der Waals surface area contributed by atoms with E-state index in [1.807, 2.05) is 69.4 Å². The van der Waals surface area contributed by atoms with Crippen molar-refractivity contribution < 1.29 is 84.0 Å². The summed E-state index contributed by atoms with van der Waals surface area (Å²) in [6, 6.07) is 17.1. The van der Waals surface area contributed by atoms with Gasteiger partial charge in [0.2, 0.25) is 29.4 Å². The molecule has 115 heavy (non-hydrogen) atoms. The van der Waals surface area contributed by atoms with Crippen molar-refractivity contribution in [3.05, 3.63) is 107 Å². The van der Waals surface area contributed by atoms with Crippen molar-refractivity contribution in [2.24, 2.45) is 11.8 Å². The molecule has 12 rings (SSSR count). The predicted octanol–water partition coefficient (Wildman–Crippen LogP) is 5.93. The van der Waals surface area contributed by atoms with E-state index in [1.165, 1.54) is 12.1 Å². The number of phenols is 4. The molecule has 3 atom stereocenters. The Hall–Kier alpha value is -11.5. The van der Waals surface area contributed by atoms with Crippen LogP contribution in [0.3, 0.4) is 0 Å². The minimum absolute atomic E-state index is 0.00309. The average Bonchev–Trinajstić information content (AvgIpc) is 1.61. The van der Waals surface area contributed by atoms with E-state index in [0.717, 1.165) is 40.2 Å². The number of piperidine rings is 2. The summed E-state index contributed by atoms with van der Waals surface area (Å²) in [4.78, 5) is 130. The molecule has 614 valence electrons. The fourth-order valence-corrected chi connectivity index (χ4v) is 16.6. The molecule has 3 saturated heterocycles. The molecule has 4 aliphatic heterocycles. The molecule has 0 radical (unpaired) electrons. The van der Waals surface area contributed by atoms with Crippen LogP contribution in [-0.4, -0.2) is 286 Å². The minimum atomic E-state index is -1.32. The molecule has 4 aliphatic rings. The largest absolute Gasteiger partial charge is 0.508 e. The van der Waals surface area contributed by atoms with Crippen LogP contribution in [0.5, 0.6) is 23.0 Å². The lowest BCUT2D eigenvalue weighted by molar-refractivity contribution is -0.145. The van der Waals surface area contributed by atoms with Crippen molar-refractivity contribution in [1.82, 2.24) is 84.0 Å². The highest BCUT2D eigenvalue weighted by molar-refractivity contribution is 5.95. The molecule has 4 aromatic carbocycles. The van der Waals surface area contributed by atoms with Crippen molar-refractivity contribution in [3.63, 3.8) is 0 Å². The number of carbonyl (C=O) groups is 9. The summed E-state index contributed by atoms with van der Waals surface area (Å²) in [6.45, 7) is 12.3. The second-order valence-corrected chi connectivity index (χ2v) is 30.9. The second kappa shape index (κ2) is 36.8. The number of phenolic OH excluding ortho intramolecular Hbond substituents is 4. The second-order valence-electron chi connectivity index (χ2n) is 30.9. The van der Waals surface area contributed by atoms with E-state index in [9.17, 15) is 84.0 Å². The van der Waals surface area contributed by atoms with Gasteiger partial charge in [0, 0.05) is 188 Å². The molecule has 0 aliphatic carbocycles. The Morgan fingerprint density at radius 2 is 1.00 bits per heavy atom. The third kappa shape index (κ3) is 19.5. The maximum Gasteiger partial charge on any atom is 0.320 e. The van der Waals surface area contributed by atoms with Crippen LogP contribution in [0.2, 0.25) is 0 Å². The molecule has 4 aromatic heterocycles. The summed E-state index contributed by atoms with van der Waals surface area (Å²) in [7, 11) is 0. The zero-order valence-electron chi connectivity index (χ0n) is 65.5. The van der Waals surface area contributed by atoms with E-state index in [2.05, 4.69) is 51.7 Å². The molecule has 2 unspecified atom stereocenters. The van der Waals surface area contributed by atoms with Crippen molar-refractivity contribution in [2.75, 3.05) is 111 Å². The third-order valence-corrected chi connectivity index (χ3v) is 22.9. The number of aliphatic carboxylic acids is 4. The number of benzene rings is 4. The van der Waals surface area contributed by atoms with Crippen molar-refractivity contribution in [3.8, 4) is 57.1 Å². The maximum atomic E-state index is 14.7. The van der Waals surface area contributed by atoms with Gasteiger partial charge in [-0.1, -0.05) is 20.8 Å². The van der Waals surface area contributed by atoms with Crippen molar-refractivity contribution in [1.29, 1.82) is 0 Å². The summed E-state index contributed by atoms with van der Waals surface area (Å²) < 4.78 is 7.53. The van der Waals surface area contributed by atoms with Crippen LogP contribution in [0.4, 0.5) is 0 Å². The summed E-state index contributed by atoms with van der Waals surface area (Å²) in [5.41, 5.74) is 5.64. The first kappa shape index (κ1) is 83.0. The highest BCUT2D eigenvalue weighted by Gasteiger charge is 2.35. The topological polar surface area (TPSA) is 442 Å². The summed E-state index contributed by atoms with van der Waals surface area (Å²) >= 11 is 0. The number of amides is 5. The fourth-order valence-electron chi connectivity index (χ4n) is 16.6. The predicted molar refractivity (Wildman–Crippen MR) is 422 cm³/mol. The van der Waals surface area contributed by atoms with E-state index in [0.29, 0.717) is 106 Å². The first-order valence-corrected chi connectivity index (χ1v) is 39.6. The molecule has 0 saturated carbocycles. The fraction of sp³-hybridized carbons (Fsp3) is 0.494. The number of fused-ring (bicyclic) bond motifs is 7. The normalized spacial score (nSPS) is 17.1. The van der Waals surface area contributed by atoms with Crippen LogP contribution in [0.1, 0.15) is 149 Å². The van der Waals surface area contributed by atoms with Gasteiger partial charge in [-0.2, -0.15) is 0 Å². The monoisotopic (exact) mass is 1590 g/mol. The lowest BCUT2D eigenvalue weighted by Crippen LogP contribution is -2.52. The van der Waals surface area contributed by atoms with Gasteiger partial charge in [-0.3, -0.25) is 71.9 Å². The van der Waals surface area contributed by atoms with Gasteiger partial charge in [0.1, 0.15) is 29.0 Å². The molecule has 5 amide bonds. The number of hydrogen-bond donors (Lipinski definition) is 11. The van der Waals surface area contributed by atoms with E-state index >= 15 is 0 Å². The van der Waals surface area contributed by atoms with Gasteiger partial charge in [0.05, 0.1) is 42.1 Å². The van der Waals surface area contributed by atoms with Gasteiger partial charge in [-0.25, -0.2) is 0 Å². The lowest BCUT2D eigenvalue weighted by atomic mass is 9.90. The van der Waals surface area contributed by atoms with Crippen LogP contribution in [0, 0.1) is 11.8 Å². The number of carboxylic acids is 4. The molecule has 8 heterocycles. The number of carbonyl (C=O) groups excluding carboxylic acids is 5.